The van der Waals surface area contributed by atoms with Crippen molar-refractivity contribution < 1.29 is 4.79 Å². The maximum atomic E-state index is 13.0. The smallest absolute Gasteiger partial charge is 0.178 e. The van der Waals surface area contributed by atoms with Gasteiger partial charge >= 0.3 is 0 Å². The molecule has 0 saturated carbocycles. The largest absolute Gasteiger partial charge is 0.369 e. The van der Waals surface area contributed by atoms with Crippen LogP contribution in [-0.2, 0) is 5.54 Å². The molecular weight excluding hydrogens is 346 g/mol. The molecule has 0 amide bonds. The van der Waals surface area contributed by atoms with Crippen molar-refractivity contribution in [1.29, 1.82) is 0 Å². The van der Waals surface area contributed by atoms with Gasteiger partial charge in [-0.3, -0.25) is 9.69 Å². The van der Waals surface area contributed by atoms with Crippen molar-refractivity contribution in [2.75, 3.05) is 37.6 Å². The zero-order chi connectivity index (χ0) is 20.6. The number of aromatic nitrogens is 1. The number of aryl methyl sites for hydroxylation is 2. The second-order valence-corrected chi connectivity index (χ2v) is 9.20. The fourth-order valence-corrected chi connectivity index (χ4v) is 4.59. The minimum absolute atomic E-state index is 0.00992. The number of anilines is 1. The van der Waals surface area contributed by atoms with Crippen molar-refractivity contribution in [3.8, 4) is 0 Å². The van der Waals surface area contributed by atoms with Gasteiger partial charge in [0.1, 0.15) is 0 Å². The SMILES string of the molecule is Cc1cccc(N2CCN(CC(=O)c3cc(C)n(C(C)(C)C)c3C)CC2)c1C. The highest BCUT2D eigenvalue weighted by atomic mass is 16.1. The van der Waals surface area contributed by atoms with Crippen LogP contribution in [0.25, 0.3) is 0 Å². The first-order valence-electron chi connectivity index (χ1n) is 10.4. The van der Waals surface area contributed by atoms with E-state index in [2.05, 4.69) is 87.1 Å². The number of rotatable bonds is 4. The molecule has 3 rings (SSSR count). The molecule has 0 N–H and O–H groups in total. The van der Waals surface area contributed by atoms with Crippen LogP contribution < -0.4 is 4.90 Å². The fourth-order valence-electron chi connectivity index (χ4n) is 4.59. The highest BCUT2D eigenvalue weighted by Gasteiger charge is 2.25. The zero-order valence-electron chi connectivity index (χ0n) is 18.6. The van der Waals surface area contributed by atoms with Gasteiger partial charge in [-0.15, -0.1) is 0 Å². The van der Waals surface area contributed by atoms with Gasteiger partial charge in [-0.2, -0.15) is 0 Å². The Morgan fingerprint density at radius 2 is 1.64 bits per heavy atom. The summed E-state index contributed by atoms with van der Waals surface area (Å²) in [6, 6.07) is 8.58. The molecular formula is C24H35N3O. The Balaban J connectivity index is 1.65. The Bertz CT molecular complexity index is 865. The molecule has 2 aromatic rings. The Hall–Kier alpha value is -2.07. The van der Waals surface area contributed by atoms with E-state index in [9.17, 15) is 4.79 Å². The molecule has 152 valence electrons. The standard InChI is InChI=1S/C24H35N3O/c1-17-9-8-10-22(19(17)3)26-13-11-25(12-14-26)16-23(28)21-15-18(2)27(20(21)4)24(5,6)7/h8-10,15H,11-14,16H2,1-7H3. The summed E-state index contributed by atoms with van der Waals surface area (Å²) in [5.41, 5.74) is 7.15. The van der Waals surface area contributed by atoms with Crippen LogP contribution in [0.4, 0.5) is 5.69 Å². The molecule has 2 heterocycles. The van der Waals surface area contributed by atoms with E-state index in [4.69, 9.17) is 0 Å². The molecule has 0 bridgehead atoms. The molecule has 1 aliphatic heterocycles. The lowest BCUT2D eigenvalue weighted by Crippen LogP contribution is -2.48. The summed E-state index contributed by atoms with van der Waals surface area (Å²) >= 11 is 0. The third-order valence-electron chi connectivity index (χ3n) is 6.06. The maximum Gasteiger partial charge on any atom is 0.178 e. The first-order chi connectivity index (χ1) is 13.1. The molecule has 1 aliphatic rings. The molecule has 0 aliphatic carbocycles. The Kier molecular flexibility index (Phi) is 5.72. The summed E-state index contributed by atoms with van der Waals surface area (Å²) in [4.78, 5) is 17.8. The lowest BCUT2D eigenvalue weighted by atomic mass is 10.1. The van der Waals surface area contributed by atoms with E-state index < -0.39 is 0 Å². The van der Waals surface area contributed by atoms with E-state index in [1.807, 2.05) is 0 Å². The lowest BCUT2D eigenvalue weighted by molar-refractivity contribution is 0.0925. The van der Waals surface area contributed by atoms with Crippen molar-refractivity contribution in [3.63, 3.8) is 0 Å². The second-order valence-electron chi connectivity index (χ2n) is 9.20. The van der Waals surface area contributed by atoms with Crippen LogP contribution in [0.2, 0.25) is 0 Å². The molecule has 1 aromatic heterocycles. The summed E-state index contributed by atoms with van der Waals surface area (Å²) in [7, 11) is 0. The van der Waals surface area contributed by atoms with Crippen LogP contribution in [0.3, 0.4) is 0 Å². The molecule has 1 fully saturated rings. The van der Waals surface area contributed by atoms with Crippen molar-refractivity contribution in [2.45, 2.75) is 54.0 Å². The molecule has 28 heavy (non-hydrogen) atoms. The highest BCUT2D eigenvalue weighted by molar-refractivity contribution is 5.99. The number of hydrogen-bond acceptors (Lipinski definition) is 3. The van der Waals surface area contributed by atoms with Crippen LogP contribution in [0.1, 0.15) is 53.6 Å². The maximum absolute atomic E-state index is 13.0. The van der Waals surface area contributed by atoms with Gasteiger partial charge in [0.2, 0.25) is 0 Å². The molecule has 1 aromatic carbocycles. The minimum atomic E-state index is -0.00992. The number of Topliss-reactive ketones (excluding diaryl/α,β-unsaturated/α-hetero) is 1. The number of ketones is 1. The molecule has 4 heteroatoms. The van der Waals surface area contributed by atoms with Crippen LogP contribution in [-0.4, -0.2) is 48.0 Å². The van der Waals surface area contributed by atoms with Gasteiger partial charge in [-0.25, -0.2) is 0 Å². The Labute approximate surface area is 170 Å². The third kappa shape index (κ3) is 4.02. The van der Waals surface area contributed by atoms with Crippen molar-refractivity contribution >= 4 is 11.5 Å². The van der Waals surface area contributed by atoms with Gasteiger partial charge in [-0.1, -0.05) is 12.1 Å². The molecule has 0 atom stereocenters. The van der Waals surface area contributed by atoms with Gasteiger partial charge in [0.05, 0.1) is 6.54 Å². The number of hydrogen-bond donors (Lipinski definition) is 0. The van der Waals surface area contributed by atoms with Gasteiger partial charge < -0.3 is 9.47 Å². The van der Waals surface area contributed by atoms with E-state index in [0.717, 1.165) is 43.1 Å². The number of piperazine rings is 1. The van der Waals surface area contributed by atoms with E-state index in [1.54, 1.807) is 0 Å². The molecule has 0 spiro atoms. The monoisotopic (exact) mass is 381 g/mol. The third-order valence-corrected chi connectivity index (χ3v) is 6.06. The van der Waals surface area contributed by atoms with Crippen molar-refractivity contribution in [2.24, 2.45) is 0 Å². The summed E-state index contributed by atoms with van der Waals surface area (Å²) in [5.74, 6) is 0.240. The molecule has 0 unspecified atom stereocenters. The first kappa shape index (κ1) is 20.7. The summed E-state index contributed by atoms with van der Waals surface area (Å²) in [5, 5.41) is 0. The van der Waals surface area contributed by atoms with Crippen LogP contribution in [0.15, 0.2) is 24.3 Å². The normalized spacial score (nSPS) is 15.9. The molecule has 0 radical (unpaired) electrons. The predicted octanol–water partition coefficient (Wildman–Crippen LogP) is 4.48. The van der Waals surface area contributed by atoms with Gasteiger partial charge in [0.25, 0.3) is 0 Å². The van der Waals surface area contributed by atoms with Crippen LogP contribution in [0.5, 0.6) is 0 Å². The fraction of sp³-hybridized carbons (Fsp3) is 0.542. The van der Waals surface area contributed by atoms with Gasteiger partial charge in [0.15, 0.2) is 5.78 Å². The lowest BCUT2D eigenvalue weighted by Gasteiger charge is -2.36. The van der Waals surface area contributed by atoms with Crippen molar-refractivity contribution in [3.05, 3.63) is 52.3 Å². The van der Waals surface area contributed by atoms with E-state index in [0.29, 0.717) is 6.54 Å². The predicted molar refractivity (Wildman–Crippen MR) is 118 cm³/mol. The quantitative estimate of drug-likeness (QED) is 0.731. The van der Waals surface area contributed by atoms with Crippen LogP contribution >= 0.6 is 0 Å². The van der Waals surface area contributed by atoms with Crippen LogP contribution in [0, 0.1) is 27.7 Å². The van der Waals surface area contributed by atoms with Gasteiger partial charge in [-0.05, 0) is 71.7 Å². The number of carbonyl (C=O) groups is 1. The van der Waals surface area contributed by atoms with Gasteiger partial charge in [0, 0.05) is 54.4 Å². The number of carbonyl (C=O) groups excluding carboxylic acids is 1. The summed E-state index contributed by atoms with van der Waals surface area (Å²) in [6.45, 7) is 19.4. The Morgan fingerprint density at radius 3 is 2.21 bits per heavy atom. The average Bonchev–Trinajstić information content (AvgIpc) is 2.93. The topological polar surface area (TPSA) is 28.5 Å². The summed E-state index contributed by atoms with van der Waals surface area (Å²) < 4.78 is 2.28. The zero-order valence-corrected chi connectivity index (χ0v) is 18.6. The highest BCUT2D eigenvalue weighted by Crippen LogP contribution is 2.26. The second kappa shape index (κ2) is 7.75. The average molecular weight is 382 g/mol. The molecule has 4 nitrogen and oxygen atoms in total. The van der Waals surface area contributed by atoms with E-state index in [-0.39, 0.29) is 11.3 Å². The summed E-state index contributed by atoms with van der Waals surface area (Å²) in [6.07, 6.45) is 0. The van der Waals surface area contributed by atoms with Crippen molar-refractivity contribution in [1.82, 2.24) is 9.47 Å². The molecule has 1 saturated heterocycles. The number of benzene rings is 1. The van der Waals surface area contributed by atoms with E-state index in [1.165, 1.54) is 16.8 Å². The Morgan fingerprint density at radius 1 is 1.00 bits per heavy atom. The van der Waals surface area contributed by atoms with E-state index >= 15 is 0 Å². The first-order valence-corrected chi connectivity index (χ1v) is 10.4. The minimum Gasteiger partial charge on any atom is -0.369 e. The number of nitrogens with zero attached hydrogens (tertiary/aromatic N) is 3.